The van der Waals surface area contributed by atoms with Crippen LogP contribution >= 0.6 is 11.3 Å². The zero-order valence-corrected chi connectivity index (χ0v) is 15.1. The predicted octanol–water partition coefficient (Wildman–Crippen LogP) is 5.02. The van der Waals surface area contributed by atoms with Crippen LogP contribution in [-0.2, 0) is 0 Å². The first kappa shape index (κ1) is 17.1. The molecule has 0 unspecified atom stereocenters. The van der Waals surface area contributed by atoms with Crippen molar-refractivity contribution in [2.45, 2.75) is 6.92 Å². The maximum absolute atomic E-state index is 13.1. The average Bonchev–Trinajstić information content (AvgIpc) is 3.32. The number of carbonyl (C=O) groups is 1. The van der Waals surface area contributed by atoms with Crippen molar-refractivity contribution in [1.29, 1.82) is 0 Å². The number of anilines is 1. The molecule has 0 N–H and O–H groups in total. The summed E-state index contributed by atoms with van der Waals surface area (Å²) in [7, 11) is 0. The number of hydrazone groups is 1. The van der Waals surface area contributed by atoms with Crippen molar-refractivity contribution in [1.82, 2.24) is 4.98 Å². The monoisotopic (exact) mass is 379 g/mol. The molecule has 0 aliphatic carbocycles. The maximum atomic E-state index is 13.1. The number of carbonyl (C=O) groups excluding carboxylic acids is 1. The summed E-state index contributed by atoms with van der Waals surface area (Å²) in [5.41, 5.74) is 2.55. The van der Waals surface area contributed by atoms with Gasteiger partial charge in [-0.1, -0.05) is 29.5 Å². The van der Waals surface area contributed by atoms with Gasteiger partial charge in [-0.25, -0.2) is 9.37 Å². The number of nitrogens with zero attached hydrogens (tertiary/aromatic N) is 3. The second-order valence-corrected chi connectivity index (χ2v) is 6.87. The minimum absolute atomic E-state index is 0.154. The van der Waals surface area contributed by atoms with Gasteiger partial charge in [0.15, 0.2) is 5.76 Å². The molecule has 0 fully saturated rings. The molecule has 0 saturated carbocycles. The topological polar surface area (TPSA) is 58.7 Å². The van der Waals surface area contributed by atoms with Gasteiger partial charge in [0.05, 0.1) is 22.7 Å². The Hall–Kier alpha value is -3.32. The third-order valence-electron chi connectivity index (χ3n) is 3.83. The third kappa shape index (κ3) is 3.63. The first-order chi connectivity index (χ1) is 13.1. The molecule has 4 rings (SSSR count). The molecular weight excluding hydrogens is 365 g/mol. The fourth-order valence-electron chi connectivity index (χ4n) is 2.48. The highest BCUT2D eigenvalue weighted by atomic mass is 32.1. The number of hydrogen-bond acceptors (Lipinski definition) is 5. The molecular formula is C20H14FN3O2S. The first-order valence-electron chi connectivity index (χ1n) is 8.15. The number of hydrogen-bond donors (Lipinski definition) is 0. The molecule has 2 aromatic carbocycles. The lowest BCUT2D eigenvalue weighted by Crippen LogP contribution is -2.25. The van der Waals surface area contributed by atoms with Crippen molar-refractivity contribution >= 4 is 38.8 Å². The summed E-state index contributed by atoms with van der Waals surface area (Å²) < 4.78 is 19.3. The van der Waals surface area contributed by atoms with Crippen LogP contribution in [0.1, 0.15) is 21.7 Å². The molecule has 2 aromatic heterocycles. The van der Waals surface area contributed by atoms with Crippen LogP contribution in [0.2, 0.25) is 0 Å². The molecule has 0 aliphatic heterocycles. The van der Waals surface area contributed by atoms with Crippen LogP contribution in [0.15, 0.2) is 70.4 Å². The van der Waals surface area contributed by atoms with Gasteiger partial charge in [0.2, 0.25) is 5.13 Å². The van der Waals surface area contributed by atoms with Gasteiger partial charge in [-0.3, -0.25) is 4.79 Å². The Bertz CT molecular complexity index is 1120. The second-order valence-electron chi connectivity index (χ2n) is 5.86. The van der Waals surface area contributed by atoms with E-state index in [9.17, 15) is 9.18 Å². The number of thiazole rings is 1. The van der Waals surface area contributed by atoms with Crippen LogP contribution in [0.5, 0.6) is 0 Å². The second kappa shape index (κ2) is 7.13. The number of amides is 1. The molecule has 0 radical (unpaired) electrons. The Morgan fingerprint density at radius 3 is 2.78 bits per heavy atom. The lowest BCUT2D eigenvalue weighted by atomic mass is 10.2. The molecule has 1 amide bonds. The highest BCUT2D eigenvalue weighted by molar-refractivity contribution is 7.22. The average molecular weight is 379 g/mol. The summed E-state index contributed by atoms with van der Waals surface area (Å²) >= 11 is 1.36. The number of benzene rings is 2. The first-order valence-corrected chi connectivity index (χ1v) is 8.96. The van der Waals surface area contributed by atoms with Crippen molar-refractivity contribution in [3.8, 4) is 0 Å². The van der Waals surface area contributed by atoms with Crippen LogP contribution in [-0.4, -0.2) is 17.1 Å². The zero-order valence-electron chi connectivity index (χ0n) is 14.3. The van der Waals surface area contributed by atoms with E-state index in [4.69, 9.17) is 4.42 Å². The number of rotatable bonds is 4. The fraction of sp³-hybridized carbons (Fsp3) is 0.0500. The van der Waals surface area contributed by atoms with Crippen LogP contribution in [0.3, 0.4) is 0 Å². The standard InChI is InChI=1S/C20H14FN3O2S/c1-13-4-9-16-18(11-13)27-20(23-16)24(19(25)17-3-2-10-26-17)22-12-14-5-7-15(21)8-6-14/h2-12H,1H3/b22-12-. The van der Waals surface area contributed by atoms with E-state index in [1.807, 2.05) is 25.1 Å². The molecule has 7 heteroatoms. The van der Waals surface area contributed by atoms with Gasteiger partial charge >= 0.3 is 5.91 Å². The van der Waals surface area contributed by atoms with E-state index in [1.54, 1.807) is 24.3 Å². The summed E-state index contributed by atoms with van der Waals surface area (Å²) in [6.45, 7) is 2.00. The van der Waals surface area contributed by atoms with Crippen LogP contribution in [0.25, 0.3) is 10.2 Å². The normalized spacial score (nSPS) is 11.3. The van der Waals surface area contributed by atoms with Crippen molar-refractivity contribution in [2.75, 3.05) is 5.01 Å². The number of aromatic nitrogens is 1. The van der Waals surface area contributed by atoms with Crippen molar-refractivity contribution in [3.63, 3.8) is 0 Å². The van der Waals surface area contributed by atoms with Crippen molar-refractivity contribution in [3.05, 3.63) is 83.6 Å². The smallest absolute Gasteiger partial charge is 0.316 e. The molecule has 134 valence electrons. The predicted molar refractivity (Wildman–Crippen MR) is 104 cm³/mol. The minimum Gasteiger partial charge on any atom is -0.459 e. The fourth-order valence-corrected chi connectivity index (χ4v) is 3.50. The van der Waals surface area contributed by atoms with E-state index in [0.717, 1.165) is 15.8 Å². The Morgan fingerprint density at radius 2 is 2.04 bits per heavy atom. The van der Waals surface area contributed by atoms with Crippen LogP contribution < -0.4 is 5.01 Å². The van der Waals surface area contributed by atoms with Gasteiger partial charge < -0.3 is 4.42 Å². The van der Waals surface area contributed by atoms with Crippen LogP contribution in [0.4, 0.5) is 9.52 Å². The van der Waals surface area contributed by atoms with E-state index >= 15 is 0 Å². The van der Waals surface area contributed by atoms with Gasteiger partial charge in [0, 0.05) is 0 Å². The summed E-state index contributed by atoms with van der Waals surface area (Å²) in [6.07, 6.45) is 2.91. The summed E-state index contributed by atoms with van der Waals surface area (Å²) in [5, 5.41) is 5.91. The van der Waals surface area contributed by atoms with E-state index in [1.165, 1.54) is 41.0 Å². The molecule has 5 nitrogen and oxygen atoms in total. The zero-order chi connectivity index (χ0) is 18.8. The van der Waals surface area contributed by atoms with Crippen molar-refractivity contribution in [2.24, 2.45) is 5.10 Å². The molecule has 0 spiro atoms. The van der Waals surface area contributed by atoms with Gasteiger partial charge in [0.25, 0.3) is 0 Å². The number of aryl methyl sites for hydroxylation is 1. The molecule has 0 aliphatic rings. The van der Waals surface area contributed by atoms with Gasteiger partial charge in [0.1, 0.15) is 5.82 Å². The van der Waals surface area contributed by atoms with E-state index in [2.05, 4.69) is 10.1 Å². The lowest BCUT2D eigenvalue weighted by Gasteiger charge is -2.11. The Labute approximate surface area is 158 Å². The summed E-state index contributed by atoms with van der Waals surface area (Å²) in [6, 6.07) is 14.9. The number of fused-ring (bicyclic) bond motifs is 1. The number of halogens is 1. The minimum atomic E-state index is -0.436. The summed E-state index contributed by atoms with van der Waals surface area (Å²) in [5.74, 6) is -0.618. The Morgan fingerprint density at radius 1 is 1.22 bits per heavy atom. The molecule has 0 saturated heterocycles. The molecule has 0 atom stereocenters. The van der Waals surface area contributed by atoms with E-state index in [-0.39, 0.29) is 11.6 Å². The highest BCUT2D eigenvalue weighted by Gasteiger charge is 2.23. The lowest BCUT2D eigenvalue weighted by molar-refractivity contribution is 0.0961. The summed E-state index contributed by atoms with van der Waals surface area (Å²) in [4.78, 5) is 17.4. The third-order valence-corrected chi connectivity index (χ3v) is 4.82. The van der Waals surface area contributed by atoms with Gasteiger partial charge in [-0.15, -0.1) is 0 Å². The molecule has 2 heterocycles. The highest BCUT2D eigenvalue weighted by Crippen LogP contribution is 2.30. The van der Waals surface area contributed by atoms with E-state index < -0.39 is 5.91 Å². The van der Waals surface area contributed by atoms with Gasteiger partial charge in [-0.05, 0) is 54.4 Å². The Kier molecular flexibility index (Phi) is 4.52. The molecule has 4 aromatic rings. The van der Waals surface area contributed by atoms with Gasteiger partial charge in [-0.2, -0.15) is 10.1 Å². The quantitative estimate of drug-likeness (QED) is 0.370. The molecule has 0 bridgehead atoms. The maximum Gasteiger partial charge on any atom is 0.316 e. The molecule has 27 heavy (non-hydrogen) atoms. The number of furan rings is 1. The van der Waals surface area contributed by atoms with Crippen LogP contribution in [0, 0.1) is 12.7 Å². The SMILES string of the molecule is Cc1ccc2nc(N(/N=C\c3ccc(F)cc3)C(=O)c3ccco3)sc2c1. The Balaban J connectivity index is 1.74. The largest absolute Gasteiger partial charge is 0.459 e. The van der Waals surface area contributed by atoms with Crippen molar-refractivity contribution < 1.29 is 13.6 Å². The van der Waals surface area contributed by atoms with E-state index in [0.29, 0.717) is 10.7 Å².